The largest absolute Gasteiger partial charge is 0.459 e. The Balaban J connectivity index is 1.64. The molecule has 2 aromatic rings. The zero-order valence-electron chi connectivity index (χ0n) is 11.9. The number of hydrogen-bond acceptors (Lipinski definition) is 3. The zero-order valence-corrected chi connectivity index (χ0v) is 12.6. The summed E-state index contributed by atoms with van der Waals surface area (Å²) in [4.78, 5) is 16.5. The van der Waals surface area contributed by atoms with E-state index in [-0.39, 0.29) is 5.91 Å². The van der Waals surface area contributed by atoms with Crippen LogP contribution in [0.2, 0.25) is 5.02 Å². The molecule has 21 heavy (non-hydrogen) atoms. The van der Waals surface area contributed by atoms with Crippen molar-refractivity contribution in [2.45, 2.75) is 6.92 Å². The molecule has 0 atom stereocenters. The van der Waals surface area contributed by atoms with Crippen molar-refractivity contribution < 1.29 is 9.21 Å². The molecule has 1 amide bonds. The van der Waals surface area contributed by atoms with Crippen molar-refractivity contribution in [2.75, 3.05) is 31.1 Å². The summed E-state index contributed by atoms with van der Waals surface area (Å²) in [6, 6.07) is 9.62. The van der Waals surface area contributed by atoms with Crippen LogP contribution in [0, 0.1) is 6.92 Å². The highest BCUT2D eigenvalue weighted by Crippen LogP contribution is 2.20. The van der Waals surface area contributed by atoms with Gasteiger partial charge in [0.25, 0.3) is 5.91 Å². The Labute approximate surface area is 128 Å². The SMILES string of the molecule is Cc1ccoc1C(=O)N1CCN(c2ccc(Cl)cc2)CC1. The maximum Gasteiger partial charge on any atom is 0.289 e. The summed E-state index contributed by atoms with van der Waals surface area (Å²) in [5, 5.41) is 0.737. The second-order valence-corrected chi connectivity index (χ2v) is 5.62. The van der Waals surface area contributed by atoms with E-state index in [9.17, 15) is 4.79 Å². The summed E-state index contributed by atoms with van der Waals surface area (Å²) in [5.41, 5.74) is 2.03. The Morgan fingerprint density at radius 1 is 1.10 bits per heavy atom. The van der Waals surface area contributed by atoms with Crippen LogP contribution < -0.4 is 4.90 Å². The second-order valence-electron chi connectivity index (χ2n) is 5.19. The van der Waals surface area contributed by atoms with E-state index in [1.54, 1.807) is 6.26 Å². The lowest BCUT2D eigenvalue weighted by Gasteiger charge is -2.35. The number of nitrogens with zero attached hydrogens (tertiary/aromatic N) is 2. The molecule has 1 fully saturated rings. The van der Waals surface area contributed by atoms with E-state index >= 15 is 0 Å². The zero-order chi connectivity index (χ0) is 14.8. The number of carbonyl (C=O) groups is 1. The van der Waals surface area contributed by atoms with Crippen molar-refractivity contribution in [3.63, 3.8) is 0 Å². The van der Waals surface area contributed by atoms with Gasteiger partial charge >= 0.3 is 0 Å². The predicted octanol–water partition coefficient (Wildman–Crippen LogP) is 3.20. The van der Waals surface area contributed by atoms with Crippen molar-refractivity contribution in [3.05, 3.63) is 52.9 Å². The average molecular weight is 305 g/mol. The van der Waals surface area contributed by atoms with Crippen molar-refractivity contribution >= 4 is 23.2 Å². The van der Waals surface area contributed by atoms with Gasteiger partial charge in [0.15, 0.2) is 5.76 Å². The quantitative estimate of drug-likeness (QED) is 0.855. The maximum atomic E-state index is 12.4. The van der Waals surface area contributed by atoms with Crippen molar-refractivity contribution in [2.24, 2.45) is 0 Å². The number of carbonyl (C=O) groups excluding carboxylic acids is 1. The highest BCUT2D eigenvalue weighted by Gasteiger charge is 2.25. The molecule has 110 valence electrons. The summed E-state index contributed by atoms with van der Waals surface area (Å²) in [6.45, 7) is 4.91. The topological polar surface area (TPSA) is 36.7 Å². The van der Waals surface area contributed by atoms with Gasteiger partial charge in [0, 0.05) is 42.5 Å². The lowest BCUT2D eigenvalue weighted by molar-refractivity contribution is 0.0713. The minimum absolute atomic E-state index is 0.0201. The summed E-state index contributed by atoms with van der Waals surface area (Å²) in [5.74, 6) is 0.434. The molecule has 0 radical (unpaired) electrons. The van der Waals surface area contributed by atoms with Crippen LogP contribution in [-0.4, -0.2) is 37.0 Å². The highest BCUT2D eigenvalue weighted by atomic mass is 35.5. The molecular formula is C16H17ClN2O2. The fourth-order valence-electron chi connectivity index (χ4n) is 2.56. The Morgan fingerprint density at radius 3 is 2.33 bits per heavy atom. The fourth-order valence-corrected chi connectivity index (χ4v) is 2.68. The third-order valence-electron chi connectivity index (χ3n) is 3.81. The molecule has 4 nitrogen and oxygen atoms in total. The number of piperazine rings is 1. The van der Waals surface area contributed by atoms with Gasteiger partial charge in [0.05, 0.1) is 6.26 Å². The van der Waals surface area contributed by atoms with E-state index in [1.807, 2.05) is 42.2 Å². The molecule has 0 saturated carbocycles. The normalized spacial score (nSPS) is 15.3. The third-order valence-corrected chi connectivity index (χ3v) is 4.07. The summed E-state index contributed by atoms with van der Waals surface area (Å²) in [7, 11) is 0. The van der Waals surface area contributed by atoms with Crippen LogP contribution in [-0.2, 0) is 0 Å². The molecular weight excluding hydrogens is 288 g/mol. The maximum absolute atomic E-state index is 12.4. The van der Waals surface area contributed by atoms with Crippen molar-refractivity contribution in [1.82, 2.24) is 4.90 Å². The van der Waals surface area contributed by atoms with Crippen LogP contribution in [0.25, 0.3) is 0 Å². The van der Waals surface area contributed by atoms with Crippen LogP contribution in [0.5, 0.6) is 0 Å². The van der Waals surface area contributed by atoms with E-state index in [0.717, 1.165) is 29.4 Å². The first-order chi connectivity index (χ1) is 10.1. The van der Waals surface area contributed by atoms with Gasteiger partial charge in [-0.2, -0.15) is 0 Å². The molecule has 1 aliphatic rings. The number of halogens is 1. The van der Waals surface area contributed by atoms with Gasteiger partial charge < -0.3 is 14.2 Å². The molecule has 0 spiro atoms. The smallest absolute Gasteiger partial charge is 0.289 e. The first kappa shape index (κ1) is 14.0. The van der Waals surface area contributed by atoms with Gasteiger partial charge in [-0.25, -0.2) is 0 Å². The van der Waals surface area contributed by atoms with E-state index in [2.05, 4.69) is 4.90 Å². The first-order valence-corrected chi connectivity index (χ1v) is 7.37. The molecule has 2 heterocycles. The first-order valence-electron chi connectivity index (χ1n) is 6.99. The van der Waals surface area contributed by atoms with Crippen molar-refractivity contribution in [1.29, 1.82) is 0 Å². The predicted molar refractivity (Wildman–Crippen MR) is 83.0 cm³/mol. The Kier molecular flexibility index (Phi) is 3.88. The van der Waals surface area contributed by atoms with Crippen LogP contribution in [0.1, 0.15) is 16.1 Å². The Hall–Kier alpha value is -1.94. The second kappa shape index (κ2) is 5.82. The monoisotopic (exact) mass is 304 g/mol. The van der Waals surface area contributed by atoms with E-state index in [0.29, 0.717) is 18.8 Å². The van der Waals surface area contributed by atoms with Crippen LogP contribution in [0.4, 0.5) is 5.69 Å². The van der Waals surface area contributed by atoms with Gasteiger partial charge in [-0.05, 0) is 37.3 Å². The lowest BCUT2D eigenvalue weighted by Crippen LogP contribution is -2.48. The molecule has 0 N–H and O–H groups in total. The number of amides is 1. The Bertz CT molecular complexity index is 628. The van der Waals surface area contributed by atoms with Crippen molar-refractivity contribution in [3.8, 4) is 0 Å². The molecule has 5 heteroatoms. The van der Waals surface area contributed by atoms with Crippen LogP contribution >= 0.6 is 11.6 Å². The summed E-state index contributed by atoms with van der Waals surface area (Å²) < 4.78 is 5.28. The lowest BCUT2D eigenvalue weighted by atomic mass is 10.2. The standard InChI is InChI=1S/C16H17ClN2O2/c1-12-6-11-21-15(12)16(20)19-9-7-18(8-10-19)14-4-2-13(17)3-5-14/h2-6,11H,7-10H2,1H3. The minimum Gasteiger partial charge on any atom is -0.459 e. The van der Waals surface area contributed by atoms with Crippen LogP contribution in [0.15, 0.2) is 41.0 Å². The molecule has 1 aromatic heterocycles. The number of hydrogen-bond donors (Lipinski definition) is 0. The average Bonchev–Trinajstić information content (AvgIpc) is 2.94. The van der Waals surface area contributed by atoms with E-state index in [1.165, 1.54) is 0 Å². The van der Waals surface area contributed by atoms with E-state index in [4.69, 9.17) is 16.0 Å². The summed E-state index contributed by atoms with van der Waals surface area (Å²) >= 11 is 5.91. The van der Waals surface area contributed by atoms with Gasteiger partial charge in [-0.1, -0.05) is 11.6 Å². The van der Waals surface area contributed by atoms with Gasteiger partial charge in [-0.15, -0.1) is 0 Å². The Morgan fingerprint density at radius 2 is 1.76 bits per heavy atom. The van der Waals surface area contributed by atoms with Gasteiger partial charge in [0.1, 0.15) is 0 Å². The molecule has 3 rings (SSSR count). The molecule has 1 aromatic carbocycles. The van der Waals surface area contributed by atoms with Crippen LogP contribution in [0.3, 0.4) is 0 Å². The number of anilines is 1. The highest BCUT2D eigenvalue weighted by molar-refractivity contribution is 6.30. The number of furan rings is 1. The number of rotatable bonds is 2. The third kappa shape index (κ3) is 2.90. The molecule has 0 bridgehead atoms. The van der Waals surface area contributed by atoms with Gasteiger partial charge in [0.2, 0.25) is 0 Å². The number of benzene rings is 1. The fraction of sp³-hybridized carbons (Fsp3) is 0.312. The van der Waals surface area contributed by atoms with Gasteiger partial charge in [-0.3, -0.25) is 4.79 Å². The minimum atomic E-state index is -0.0201. The molecule has 0 unspecified atom stereocenters. The van der Waals surface area contributed by atoms with E-state index < -0.39 is 0 Å². The molecule has 0 aliphatic carbocycles. The number of aryl methyl sites for hydroxylation is 1. The summed E-state index contributed by atoms with van der Waals surface area (Å²) in [6.07, 6.45) is 1.56. The molecule has 1 aliphatic heterocycles. The molecule has 1 saturated heterocycles.